The molecule has 0 aliphatic rings. The van der Waals surface area contributed by atoms with Gasteiger partial charge in [-0.05, 0) is 19.1 Å². The Hall–Kier alpha value is -1.62. The first-order valence-electron chi connectivity index (χ1n) is 4.85. The zero-order chi connectivity index (χ0) is 12.1. The van der Waals surface area contributed by atoms with Gasteiger partial charge < -0.3 is 14.9 Å². The molecule has 4 nitrogen and oxygen atoms in total. The molecule has 0 saturated carbocycles. The van der Waals surface area contributed by atoms with E-state index in [9.17, 15) is 9.18 Å². The lowest BCUT2D eigenvalue weighted by atomic mass is 10.2. The number of aromatic carboxylic acids is 1. The van der Waals surface area contributed by atoms with Crippen LogP contribution in [0.4, 0.5) is 4.39 Å². The van der Waals surface area contributed by atoms with Crippen molar-refractivity contribution in [2.75, 3.05) is 6.61 Å². The van der Waals surface area contributed by atoms with Gasteiger partial charge in [0.1, 0.15) is 17.1 Å². The highest BCUT2D eigenvalue weighted by Gasteiger charge is 2.16. The standard InChI is InChI=1S/C11H13FO4/c1-7(13)5-6-16-9-4-2-3-8(12)10(9)11(14)15/h2-4,7,13H,5-6H2,1H3,(H,14,15). The second kappa shape index (κ2) is 5.46. The maximum atomic E-state index is 13.2. The summed E-state index contributed by atoms with van der Waals surface area (Å²) >= 11 is 0. The van der Waals surface area contributed by atoms with Crippen molar-refractivity contribution < 1.29 is 24.1 Å². The van der Waals surface area contributed by atoms with Gasteiger partial charge in [0.2, 0.25) is 0 Å². The quantitative estimate of drug-likeness (QED) is 0.804. The summed E-state index contributed by atoms with van der Waals surface area (Å²) in [6.45, 7) is 1.73. The minimum Gasteiger partial charge on any atom is -0.492 e. The minimum absolute atomic E-state index is 0.0202. The number of hydrogen-bond acceptors (Lipinski definition) is 3. The molecule has 0 radical (unpaired) electrons. The predicted molar refractivity (Wildman–Crippen MR) is 55.2 cm³/mol. The summed E-state index contributed by atoms with van der Waals surface area (Å²) in [7, 11) is 0. The number of aliphatic hydroxyl groups excluding tert-OH is 1. The van der Waals surface area contributed by atoms with Crippen LogP contribution in [0.1, 0.15) is 23.7 Å². The Morgan fingerprint density at radius 3 is 2.81 bits per heavy atom. The Morgan fingerprint density at radius 2 is 2.25 bits per heavy atom. The number of hydrogen-bond donors (Lipinski definition) is 2. The van der Waals surface area contributed by atoms with Crippen LogP contribution in [-0.4, -0.2) is 28.9 Å². The molecule has 1 aromatic rings. The van der Waals surface area contributed by atoms with Crippen molar-refractivity contribution in [3.05, 3.63) is 29.6 Å². The zero-order valence-corrected chi connectivity index (χ0v) is 8.81. The van der Waals surface area contributed by atoms with E-state index in [4.69, 9.17) is 14.9 Å². The number of carboxylic acids is 1. The highest BCUT2D eigenvalue weighted by molar-refractivity contribution is 5.91. The summed E-state index contributed by atoms with van der Waals surface area (Å²) in [6, 6.07) is 3.82. The summed E-state index contributed by atoms with van der Waals surface area (Å²) in [6.07, 6.45) is -0.183. The van der Waals surface area contributed by atoms with Crippen LogP contribution in [0.3, 0.4) is 0 Å². The van der Waals surface area contributed by atoms with Crippen molar-refractivity contribution in [2.24, 2.45) is 0 Å². The van der Waals surface area contributed by atoms with E-state index in [1.807, 2.05) is 0 Å². The third-order valence-corrected chi connectivity index (χ3v) is 1.98. The third kappa shape index (κ3) is 3.20. The molecular weight excluding hydrogens is 215 g/mol. The Labute approximate surface area is 92.3 Å². The van der Waals surface area contributed by atoms with E-state index in [1.54, 1.807) is 6.92 Å². The van der Waals surface area contributed by atoms with Crippen molar-refractivity contribution in [1.29, 1.82) is 0 Å². The van der Waals surface area contributed by atoms with Crippen LogP contribution >= 0.6 is 0 Å². The second-order valence-corrected chi connectivity index (χ2v) is 3.40. The molecule has 0 amide bonds. The van der Waals surface area contributed by atoms with Gasteiger partial charge in [-0.25, -0.2) is 9.18 Å². The first-order chi connectivity index (χ1) is 7.52. The summed E-state index contributed by atoms with van der Waals surface area (Å²) in [5.41, 5.74) is -0.479. The van der Waals surface area contributed by atoms with Gasteiger partial charge in [0.05, 0.1) is 12.7 Å². The number of carboxylic acid groups (broad SMARTS) is 1. The lowest BCUT2D eigenvalue weighted by Crippen LogP contribution is -2.10. The first-order valence-corrected chi connectivity index (χ1v) is 4.85. The number of aliphatic hydroxyl groups is 1. The van der Waals surface area contributed by atoms with Crippen LogP contribution in [0, 0.1) is 5.82 Å². The molecule has 0 bridgehead atoms. The van der Waals surface area contributed by atoms with Crippen LogP contribution in [-0.2, 0) is 0 Å². The number of benzene rings is 1. The topological polar surface area (TPSA) is 66.8 Å². The Bertz CT molecular complexity index is 376. The third-order valence-electron chi connectivity index (χ3n) is 1.98. The molecule has 16 heavy (non-hydrogen) atoms. The summed E-state index contributed by atoms with van der Waals surface area (Å²) in [5, 5.41) is 17.8. The molecule has 0 saturated heterocycles. The van der Waals surface area contributed by atoms with Gasteiger partial charge in [0.25, 0.3) is 0 Å². The number of carbonyl (C=O) groups is 1. The van der Waals surface area contributed by atoms with E-state index in [1.165, 1.54) is 12.1 Å². The monoisotopic (exact) mass is 228 g/mol. The molecule has 0 heterocycles. The van der Waals surface area contributed by atoms with Gasteiger partial charge >= 0.3 is 5.97 Å². The molecule has 0 aliphatic carbocycles. The van der Waals surface area contributed by atoms with E-state index in [-0.39, 0.29) is 12.4 Å². The molecule has 0 aliphatic heterocycles. The van der Waals surface area contributed by atoms with E-state index in [2.05, 4.69) is 0 Å². The van der Waals surface area contributed by atoms with Crippen LogP contribution < -0.4 is 4.74 Å². The van der Waals surface area contributed by atoms with E-state index >= 15 is 0 Å². The Kier molecular flexibility index (Phi) is 4.25. The highest BCUT2D eigenvalue weighted by Crippen LogP contribution is 2.21. The molecule has 0 aromatic heterocycles. The van der Waals surface area contributed by atoms with Crippen LogP contribution in [0.15, 0.2) is 18.2 Å². The molecule has 1 unspecified atom stereocenters. The normalized spacial score (nSPS) is 12.2. The molecule has 0 spiro atoms. The van der Waals surface area contributed by atoms with Gasteiger partial charge in [0, 0.05) is 6.42 Å². The Balaban J connectivity index is 2.79. The van der Waals surface area contributed by atoms with Gasteiger partial charge in [-0.2, -0.15) is 0 Å². The fourth-order valence-electron chi connectivity index (χ4n) is 1.17. The van der Waals surface area contributed by atoms with Gasteiger partial charge in [-0.1, -0.05) is 6.07 Å². The smallest absolute Gasteiger partial charge is 0.342 e. The molecule has 5 heteroatoms. The van der Waals surface area contributed by atoms with Crippen LogP contribution in [0.25, 0.3) is 0 Å². The van der Waals surface area contributed by atoms with Crippen molar-refractivity contribution in [3.63, 3.8) is 0 Å². The summed E-state index contributed by atoms with van der Waals surface area (Å²) < 4.78 is 18.3. The highest BCUT2D eigenvalue weighted by atomic mass is 19.1. The fraction of sp³-hybridized carbons (Fsp3) is 0.364. The zero-order valence-electron chi connectivity index (χ0n) is 8.81. The van der Waals surface area contributed by atoms with Gasteiger partial charge in [-0.15, -0.1) is 0 Å². The SMILES string of the molecule is CC(O)CCOc1cccc(F)c1C(=O)O. The van der Waals surface area contributed by atoms with E-state index in [0.717, 1.165) is 6.07 Å². The average molecular weight is 228 g/mol. The van der Waals surface area contributed by atoms with Gasteiger partial charge in [-0.3, -0.25) is 0 Å². The van der Waals surface area contributed by atoms with Crippen molar-refractivity contribution in [3.8, 4) is 5.75 Å². The molecule has 88 valence electrons. The van der Waals surface area contributed by atoms with E-state index < -0.39 is 23.5 Å². The molecule has 0 fully saturated rings. The number of rotatable bonds is 5. The molecule has 1 rings (SSSR count). The molecule has 1 atom stereocenters. The maximum Gasteiger partial charge on any atom is 0.342 e. The summed E-state index contributed by atoms with van der Waals surface area (Å²) in [5.74, 6) is -2.22. The summed E-state index contributed by atoms with van der Waals surface area (Å²) in [4.78, 5) is 10.8. The predicted octanol–water partition coefficient (Wildman–Crippen LogP) is 1.67. The van der Waals surface area contributed by atoms with Crippen LogP contribution in [0.5, 0.6) is 5.75 Å². The lowest BCUT2D eigenvalue weighted by Gasteiger charge is -2.10. The average Bonchev–Trinajstić information content (AvgIpc) is 2.16. The number of ether oxygens (including phenoxy) is 1. The van der Waals surface area contributed by atoms with Crippen molar-refractivity contribution in [1.82, 2.24) is 0 Å². The number of halogens is 1. The molecule has 1 aromatic carbocycles. The second-order valence-electron chi connectivity index (χ2n) is 3.40. The Morgan fingerprint density at radius 1 is 1.56 bits per heavy atom. The molecule has 2 N–H and O–H groups in total. The van der Waals surface area contributed by atoms with Crippen LogP contribution in [0.2, 0.25) is 0 Å². The lowest BCUT2D eigenvalue weighted by molar-refractivity contribution is 0.0686. The largest absolute Gasteiger partial charge is 0.492 e. The minimum atomic E-state index is -1.37. The van der Waals surface area contributed by atoms with Gasteiger partial charge in [0.15, 0.2) is 0 Å². The fourth-order valence-corrected chi connectivity index (χ4v) is 1.17. The maximum absolute atomic E-state index is 13.2. The van der Waals surface area contributed by atoms with Crippen molar-refractivity contribution >= 4 is 5.97 Å². The molecular formula is C11H13FO4. The van der Waals surface area contributed by atoms with E-state index in [0.29, 0.717) is 6.42 Å². The first kappa shape index (κ1) is 12.4. The van der Waals surface area contributed by atoms with Crippen molar-refractivity contribution in [2.45, 2.75) is 19.4 Å².